The highest BCUT2D eigenvalue weighted by atomic mass is 32.2. The first kappa shape index (κ1) is 15.6. The summed E-state index contributed by atoms with van der Waals surface area (Å²) in [6.07, 6.45) is 0.603. The van der Waals surface area contributed by atoms with Crippen molar-refractivity contribution in [2.45, 2.75) is 11.3 Å². The van der Waals surface area contributed by atoms with Crippen molar-refractivity contribution in [1.82, 2.24) is 9.62 Å². The second kappa shape index (κ2) is 6.65. The van der Waals surface area contributed by atoms with Crippen LogP contribution >= 0.6 is 0 Å². The Labute approximate surface area is 113 Å². The Morgan fingerprint density at radius 1 is 1.32 bits per heavy atom. The van der Waals surface area contributed by atoms with Crippen molar-refractivity contribution in [3.8, 4) is 0 Å². The molecule has 0 saturated carbocycles. The second-order valence-electron chi connectivity index (χ2n) is 4.07. The summed E-state index contributed by atoms with van der Waals surface area (Å²) in [6.45, 7) is 0.811. The molecule has 0 bridgehead atoms. The molecule has 7 heteroatoms. The lowest BCUT2D eigenvalue weighted by Crippen LogP contribution is -2.29. The highest BCUT2D eigenvalue weighted by Gasteiger charge is 2.20. The van der Waals surface area contributed by atoms with Crippen molar-refractivity contribution < 1.29 is 13.2 Å². The summed E-state index contributed by atoms with van der Waals surface area (Å²) >= 11 is 0. The number of rotatable bonds is 6. The molecule has 19 heavy (non-hydrogen) atoms. The van der Waals surface area contributed by atoms with Crippen LogP contribution in [0.25, 0.3) is 0 Å². The van der Waals surface area contributed by atoms with Crippen LogP contribution in [0.5, 0.6) is 0 Å². The SMILES string of the molecule is CNC(=O)c1ccc(S(=O)(=O)N(C)CCCN)cc1. The maximum atomic E-state index is 12.2. The molecular formula is C12H19N3O3S. The average molecular weight is 285 g/mol. The standard InChI is InChI=1S/C12H19N3O3S/c1-14-12(16)10-4-6-11(7-5-10)19(17,18)15(2)9-3-8-13/h4-7H,3,8-9,13H2,1-2H3,(H,14,16). The Bertz CT molecular complexity index is 526. The molecule has 0 aromatic heterocycles. The van der Waals surface area contributed by atoms with E-state index in [2.05, 4.69) is 5.32 Å². The molecule has 0 heterocycles. The summed E-state index contributed by atoms with van der Waals surface area (Å²) in [6, 6.07) is 5.84. The van der Waals surface area contributed by atoms with E-state index in [0.29, 0.717) is 25.1 Å². The molecule has 0 aliphatic heterocycles. The summed E-state index contributed by atoms with van der Waals surface area (Å²) in [5, 5.41) is 2.48. The summed E-state index contributed by atoms with van der Waals surface area (Å²) in [7, 11) is -0.481. The van der Waals surface area contributed by atoms with Crippen molar-refractivity contribution in [1.29, 1.82) is 0 Å². The molecule has 3 N–H and O–H groups in total. The number of nitrogens with zero attached hydrogens (tertiary/aromatic N) is 1. The van der Waals surface area contributed by atoms with E-state index < -0.39 is 10.0 Å². The van der Waals surface area contributed by atoms with Gasteiger partial charge < -0.3 is 11.1 Å². The quantitative estimate of drug-likeness (QED) is 0.770. The van der Waals surface area contributed by atoms with Gasteiger partial charge in [-0.05, 0) is 37.2 Å². The van der Waals surface area contributed by atoms with Crippen LogP contribution < -0.4 is 11.1 Å². The first-order valence-electron chi connectivity index (χ1n) is 5.92. The van der Waals surface area contributed by atoms with E-state index in [1.54, 1.807) is 0 Å². The predicted molar refractivity (Wildman–Crippen MR) is 73.3 cm³/mol. The van der Waals surface area contributed by atoms with E-state index in [1.807, 2.05) is 0 Å². The van der Waals surface area contributed by atoms with Crippen LogP contribution in [0.15, 0.2) is 29.2 Å². The van der Waals surface area contributed by atoms with Gasteiger partial charge in [-0.25, -0.2) is 12.7 Å². The van der Waals surface area contributed by atoms with E-state index in [0.717, 1.165) is 0 Å². The van der Waals surface area contributed by atoms with Gasteiger partial charge >= 0.3 is 0 Å². The van der Waals surface area contributed by atoms with Gasteiger partial charge in [0.2, 0.25) is 10.0 Å². The van der Waals surface area contributed by atoms with Gasteiger partial charge in [0.15, 0.2) is 0 Å². The van der Waals surface area contributed by atoms with E-state index >= 15 is 0 Å². The van der Waals surface area contributed by atoms with Crippen molar-refractivity contribution in [3.63, 3.8) is 0 Å². The number of nitrogens with two attached hydrogens (primary N) is 1. The van der Waals surface area contributed by atoms with Gasteiger partial charge in [0.25, 0.3) is 5.91 Å². The van der Waals surface area contributed by atoms with Crippen molar-refractivity contribution in [3.05, 3.63) is 29.8 Å². The largest absolute Gasteiger partial charge is 0.355 e. The van der Waals surface area contributed by atoms with Gasteiger partial charge in [0.05, 0.1) is 4.90 Å². The minimum Gasteiger partial charge on any atom is -0.355 e. The zero-order valence-electron chi connectivity index (χ0n) is 11.1. The van der Waals surface area contributed by atoms with Gasteiger partial charge in [0, 0.05) is 26.2 Å². The number of hydrogen-bond donors (Lipinski definition) is 2. The lowest BCUT2D eigenvalue weighted by Gasteiger charge is -2.16. The molecule has 1 aromatic carbocycles. The number of carbonyl (C=O) groups is 1. The Morgan fingerprint density at radius 2 is 1.89 bits per heavy atom. The van der Waals surface area contributed by atoms with Crippen molar-refractivity contribution in [2.75, 3.05) is 27.2 Å². The third-order valence-corrected chi connectivity index (χ3v) is 4.60. The zero-order chi connectivity index (χ0) is 14.5. The minimum atomic E-state index is -3.51. The van der Waals surface area contributed by atoms with E-state index in [1.165, 1.54) is 42.7 Å². The van der Waals surface area contributed by atoms with Crippen LogP contribution in [-0.4, -0.2) is 45.8 Å². The smallest absolute Gasteiger partial charge is 0.251 e. The molecule has 0 atom stereocenters. The van der Waals surface area contributed by atoms with Gasteiger partial charge in [-0.1, -0.05) is 0 Å². The van der Waals surface area contributed by atoms with Crippen molar-refractivity contribution >= 4 is 15.9 Å². The van der Waals surface area contributed by atoms with Crippen LogP contribution in [0, 0.1) is 0 Å². The molecule has 0 fully saturated rings. The number of amides is 1. The summed E-state index contributed by atoms with van der Waals surface area (Å²) in [4.78, 5) is 11.5. The van der Waals surface area contributed by atoms with Crippen molar-refractivity contribution in [2.24, 2.45) is 5.73 Å². The second-order valence-corrected chi connectivity index (χ2v) is 6.12. The lowest BCUT2D eigenvalue weighted by atomic mass is 10.2. The molecule has 0 aliphatic carbocycles. The first-order chi connectivity index (χ1) is 8.93. The Balaban J connectivity index is 2.93. The molecule has 106 valence electrons. The maximum absolute atomic E-state index is 12.2. The number of carbonyl (C=O) groups excluding carboxylic acids is 1. The van der Waals surface area contributed by atoms with Gasteiger partial charge in [-0.3, -0.25) is 4.79 Å². The third kappa shape index (κ3) is 3.76. The third-order valence-electron chi connectivity index (χ3n) is 2.73. The molecule has 0 saturated heterocycles. The first-order valence-corrected chi connectivity index (χ1v) is 7.36. The molecular weight excluding hydrogens is 266 g/mol. The molecule has 0 aliphatic rings. The van der Waals surface area contributed by atoms with Crippen LogP contribution in [0.2, 0.25) is 0 Å². The average Bonchev–Trinajstić information content (AvgIpc) is 2.43. The normalized spacial score (nSPS) is 11.6. The molecule has 1 amide bonds. The number of nitrogens with one attached hydrogen (secondary N) is 1. The van der Waals surface area contributed by atoms with Gasteiger partial charge in [-0.2, -0.15) is 0 Å². The molecule has 1 rings (SSSR count). The summed E-state index contributed by atoms with van der Waals surface area (Å²) < 4.78 is 25.6. The summed E-state index contributed by atoms with van der Waals surface area (Å²) in [5.41, 5.74) is 5.78. The Morgan fingerprint density at radius 3 is 2.37 bits per heavy atom. The lowest BCUT2D eigenvalue weighted by molar-refractivity contribution is 0.0963. The fourth-order valence-electron chi connectivity index (χ4n) is 1.54. The number of sulfonamides is 1. The predicted octanol–water partition coefficient (Wildman–Crippen LogP) is 0.0155. The van der Waals surface area contributed by atoms with Crippen LogP contribution in [0.1, 0.15) is 16.8 Å². The number of hydrogen-bond acceptors (Lipinski definition) is 4. The molecule has 6 nitrogen and oxygen atoms in total. The zero-order valence-corrected chi connectivity index (χ0v) is 11.9. The molecule has 0 spiro atoms. The van der Waals surface area contributed by atoms with E-state index in [4.69, 9.17) is 5.73 Å². The van der Waals surface area contributed by atoms with E-state index in [-0.39, 0.29) is 10.8 Å². The highest BCUT2D eigenvalue weighted by molar-refractivity contribution is 7.89. The fraction of sp³-hybridized carbons (Fsp3) is 0.417. The Hall–Kier alpha value is -1.44. The minimum absolute atomic E-state index is 0.166. The molecule has 0 radical (unpaired) electrons. The topological polar surface area (TPSA) is 92.5 Å². The van der Waals surface area contributed by atoms with E-state index in [9.17, 15) is 13.2 Å². The van der Waals surface area contributed by atoms with Crippen LogP contribution in [0.4, 0.5) is 0 Å². The monoisotopic (exact) mass is 285 g/mol. The van der Waals surface area contributed by atoms with Gasteiger partial charge in [-0.15, -0.1) is 0 Å². The molecule has 0 unspecified atom stereocenters. The van der Waals surface area contributed by atoms with Crippen LogP contribution in [-0.2, 0) is 10.0 Å². The summed E-state index contributed by atoms with van der Waals surface area (Å²) in [5.74, 6) is -0.250. The molecule has 1 aromatic rings. The maximum Gasteiger partial charge on any atom is 0.251 e. The van der Waals surface area contributed by atoms with Crippen LogP contribution in [0.3, 0.4) is 0 Å². The van der Waals surface area contributed by atoms with Gasteiger partial charge in [0.1, 0.15) is 0 Å². The fourth-order valence-corrected chi connectivity index (χ4v) is 2.75. The Kier molecular flexibility index (Phi) is 5.46. The highest BCUT2D eigenvalue weighted by Crippen LogP contribution is 2.15. The number of benzene rings is 1.